The van der Waals surface area contributed by atoms with Gasteiger partial charge in [-0.15, -0.1) is 0 Å². The topological polar surface area (TPSA) is 54.0 Å². The number of pyridine rings is 1. The second-order valence-corrected chi connectivity index (χ2v) is 4.53. The van der Waals surface area contributed by atoms with E-state index in [1.807, 2.05) is 25.1 Å². The van der Waals surface area contributed by atoms with Crippen LogP contribution in [0.25, 0.3) is 0 Å². The zero-order chi connectivity index (χ0) is 12.1. The van der Waals surface area contributed by atoms with Gasteiger partial charge < -0.3 is 10.6 Å². The number of rotatable bonds is 3. The molecule has 1 saturated heterocycles. The van der Waals surface area contributed by atoms with Crippen molar-refractivity contribution in [3.05, 3.63) is 30.1 Å². The molecule has 4 nitrogen and oxygen atoms in total. The van der Waals surface area contributed by atoms with Crippen LogP contribution in [-0.4, -0.2) is 24.0 Å². The van der Waals surface area contributed by atoms with Crippen LogP contribution in [0, 0.1) is 5.92 Å². The van der Waals surface area contributed by atoms with E-state index in [9.17, 15) is 4.79 Å². The smallest absolute Gasteiger partial charge is 0.224 e. The third-order valence-electron chi connectivity index (χ3n) is 3.16. The minimum Gasteiger partial charge on any atom is -0.348 e. The Morgan fingerprint density at radius 1 is 1.59 bits per heavy atom. The molecule has 0 saturated carbocycles. The van der Waals surface area contributed by atoms with Crippen LogP contribution in [0.3, 0.4) is 0 Å². The second kappa shape index (κ2) is 5.77. The number of piperidine rings is 1. The highest BCUT2D eigenvalue weighted by Gasteiger charge is 2.22. The first-order valence-electron chi connectivity index (χ1n) is 6.19. The van der Waals surface area contributed by atoms with E-state index < -0.39 is 0 Å². The third kappa shape index (κ3) is 3.27. The van der Waals surface area contributed by atoms with E-state index in [1.54, 1.807) is 6.20 Å². The van der Waals surface area contributed by atoms with Crippen LogP contribution in [0.4, 0.5) is 0 Å². The largest absolute Gasteiger partial charge is 0.348 e. The summed E-state index contributed by atoms with van der Waals surface area (Å²) in [5.41, 5.74) is 0.907. The van der Waals surface area contributed by atoms with Gasteiger partial charge in [0.2, 0.25) is 5.91 Å². The van der Waals surface area contributed by atoms with Crippen molar-refractivity contribution in [2.75, 3.05) is 13.1 Å². The molecule has 2 heterocycles. The molecule has 1 aromatic heterocycles. The van der Waals surface area contributed by atoms with Crippen molar-refractivity contribution in [3.63, 3.8) is 0 Å². The van der Waals surface area contributed by atoms with Gasteiger partial charge >= 0.3 is 0 Å². The molecule has 1 aliphatic rings. The molecule has 92 valence electrons. The molecule has 1 amide bonds. The van der Waals surface area contributed by atoms with E-state index >= 15 is 0 Å². The molecule has 0 bridgehead atoms. The van der Waals surface area contributed by atoms with Gasteiger partial charge in [-0.3, -0.25) is 9.78 Å². The lowest BCUT2D eigenvalue weighted by Crippen LogP contribution is -2.41. The van der Waals surface area contributed by atoms with E-state index in [0.717, 1.165) is 31.6 Å². The Bertz CT molecular complexity index is 360. The Kier molecular flexibility index (Phi) is 4.09. The van der Waals surface area contributed by atoms with Crippen LogP contribution in [0.2, 0.25) is 0 Å². The molecule has 0 unspecified atom stereocenters. The molecule has 1 fully saturated rings. The van der Waals surface area contributed by atoms with E-state index in [4.69, 9.17) is 0 Å². The molecule has 1 aliphatic heterocycles. The number of hydrogen-bond acceptors (Lipinski definition) is 3. The van der Waals surface area contributed by atoms with Crippen molar-refractivity contribution in [2.24, 2.45) is 5.92 Å². The molecule has 17 heavy (non-hydrogen) atoms. The summed E-state index contributed by atoms with van der Waals surface area (Å²) < 4.78 is 0. The van der Waals surface area contributed by atoms with Crippen molar-refractivity contribution in [3.8, 4) is 0 Å². The summed E-state index contributed by atoms with van der Waals surface area (Å²) in [5, 5.41) is 6.28. The minimum atomic E-state index is -0.0226. The van der Waals surface area contributed by atoms with Gasteiger partial charge in [-0.05, 0) is 38.4 Å². The van der Waals surface area contributed by atoms with Crippen LogP contribution in [0.1, 0.15) is 31.5 Å². The van der Waals surface area contributed by atoms with Gasteiger partial charge in [0, 0.05) is 12.7 Å². The predicted molar refractivity (Wildman–Crippen MR) is 66.4 cm³/mol. The van der Waals surface area contributed by atoms with E-state index in [-0.39, 0.29) is 17.9 Å². The molecule has 2 atom stereocenters. The van der Waals surface area contributed by atoms with Crippen molar-refractivity contribution in [1.82, 2.24) is 15.6 Å². The van der Waals surface area contributed by atoms with Crippen LogP contribution in [0.15, 0.2) is 24.4 Å². The minimum absolute atomic E-state index is 0.0226. The Balaban J connectivity index is 1.89. The van der Waals surface area contributed by atoms with Gasteiger partial charge in [0.25, 0.3) is 0 Å². The highest BCUT2D eigenvalue weighted by Crippen LogP contribution is 2.13. The van der Waals surface area contributed by atoms with Gasteiger partial charge in [-0.2, -0.15) is 0 Å². The first-order chi connectivity index (χ1) is 8.27. The van der Waals surface area contributed by atoms with Gasteiger partial charge in [0.05, 0.1) is 17.7 Å². The van der Waals surface area contributed by atoms with Crippen molar-refractivity contribution < 1.29 is 4.79 Å². The summed E-state index contributed by atoms with van der Waals surface area (Å²) >= 11 is 0. The lowest BCUT2D eigenvalue weighted by Gasteiger charge is -2.23. The molecule has 2 N–H and O–H groups in total. The SMILES string of the molecule is C[C@H](NC(=O)[C@@H]1CCCNC1)c1ccccn1. The number of aromatic nitrogens is 1. The predicted octanol–water partition coefficient (Wildman–Crippen LogP) is 1.26. The molecule has 4 heteroatoms. The zero-order valence-corrected chi connectivity index (χ0v) is 10.1. The lowest BCUT2D eigenvalue weighted by atomic mass is 9.98. The summed E-state index contributed by atoms with van der Waals surface area (Å²) in [7, 11) is 0. The van der Waals surface area contributed by atoms with Crippen molar-refractivity contribution >= 4 is 5.91 Å². The standard InChI is InChI=1S/C13H19N3O/c1-10(12-6-2-3-8-15-12)16-13(17)11-5-4-7-14-9-11/h2-3,6,8,10-11,14H,4-5,7,9H2,1H3,(H,16,17)/t10-,11+/m0/s1. The van der Waals surface area contributed by atoms with E-state index in [2.05, 4.69) is 15.6 Å². The Morgan fingerprint density at radius 3 is 3.12 bits per heavy atom. The fourth-order valence-corrected chi connectivity index (χ4v) is 2.11. The van der Waals surface area contributed by atoms with Crippen LogP contribution >= 0.6 is 0 Å². The average Bonchev–Trinajstić information content (AvgIpc) is 2.40. The molecular formula is C13H19N3O. The van der Waals surface area contributed by atoms with Crippen molar-refractivity contribution in [2.45, 2.75) is 25.8 Å². The number of nitrogens with zero attached hydrogens (tertiary/aromatic N) is 1. The van der Waals surface area contributed by atoms with Gasteiger partial charge in [0.15, 0.2) is 0 Å². The Morgan fingerprint density at radius 2 is 2.47 bits per heavy atom. The summed E-state index contributed by atoms with van der Waals surface area (Å²) in [6, 6.07) is 5.73. The molecule has 0 aliphatic carbocycles. The highest BCUT2D eigenvalue weighted by molar-refractivity contribution is 5.79. The lowest BCUT2D eigenvalue weighted by molar-refractivity contribution is -0.126. The maximum Gasteiger partial charge on any atom is 0.224 e. The van der Waals surface area contributed by atoms with Gasteiger partial charge in [0.1, 0.15) is 0 Å². The highest BCUT2D eigenvalue weighted by atomic mass is 16.2. The van der Waals surface area contributed by atoms with Crippen LogP contribution in [-0.2, 0) is 4.79 Å². The summed E-state index contributed by atoms with van der Waals surface area (Å²) in [5.74, 6) is 0.241. The fourth-order valence-electron chi connectivity index (χ4n) is 2.11. The number of carbonyl (C=O) groups excluding carboxylic acids is 1. The number of carbonyl (C=O) groups is 1. The Labute approximate surface area is 102 Å². The molecular weight excluding hydrogens is 214 g/mol. The number of amides is 1. The maximum atomic E-state index is 12.0. The first kappa shape index (κ1) is 12.0. The first-order valence-corrected chi connectivity index (χ1v) is 6.19. The average molecular weight is 233 g/mol. The third-order valence-corrected chi connectivity index (χ3v) is 3.16. The Hall–Kier alpha value is -1.42. The molecule has 2 rings (SSSR count). The molecule has 0 radical (unpaired) electrons. The van der Waals surface area contributed by atoms with Crippen LogP contribution in [0.5, 0.6) is 0 Å². The monoisotopic (exact) mass is 233 g/mol. The summed E-state index contributed by atoms with van der Waals surface area (Å²) in [6.07, 6.45) is 3.81. The number of hydrogen-bond donors (Lipinski definition) is 2. The normalized spacial score (nSPS) is 21.8. The van der Waals surface area contributed by atoms with Gasteiger partial charge in [-0.1, -0.05) is 6.07 Å². The molecule has 1 aromatic rings. The quantitative estimate of drug-likeness (QED) is 0.826. The molecule has 0 spiro atoms. The van der Waals surface area contributed by atoms with E-state index in [0.29, 0.717) is 0 Å². The van der Waals surface area contributed by atoms with Gasteiger partial charge in [-0.25, -0.2) is 0 Å². The van der Waals surface area contributed by atoms with Crippen LogP contribution < -0.4 is 10.6 Å². The van der Waals surface area contributed by atoms with Crippen molar-refractivity contribution in [1.29, 1.82) is 0 Å². The zero-order valence-electron chi connectivity index (χ0n) is 10.1. The summed E-state index contributed by atoms with van der Waals surface area (Å²) in [6.45, 7) is 3.79. The van der Waals surface area contributed by atoms with E-state index in [1.165, 1.54) is 0 Å². The summed E-state index contributed by atoms with van der Waals surface area (Å²) in [4.78, 5) is 16.2. The number of nitrogens with one attached hydrogen (secondary N) is 2. The second-order valence-electron chi connectivity index (χ2n) is 4.53. The maximum absolute atomic E-state index is 12.0. The molecule has 0 aromatic carbocycles. The fraction of sp³-hybridized carbons (Fsp3) is 0.538.